The quantitative estimate of drug-likeness (QED) is 0.295. The van der Waals surface area contributed by atoms with Crippen molar-refractivity contribution in [2.75, 3.05) is 24.5 Å². The Morgan fingerprint density at radius 1 is 1.13 bits per heavy atom. The van der Waals surface area contributed by atoms with E-state index in [1.807, 2.05) is 28.8 Å². The lowest BCUT2D eigenvalue weighted by Gasteiger charge is -2.22. The molecule has 0 bridgehead atoms. The molecule has 4 rings (SSSR count). The lowest BCUT2D eigenvalue weighted by atomic mass is 10.1. The van der Waals surface area contributed by atoms with Crippen LogP contribution in [0.2, 0.25) is 0 Å². The van der Waals surface area contributed by atoms with Crippen molar-refractivity contribution in [1.29, 1.82) is 0 Å². The van der Waals surface area contributed by atoms with Crippen molar-refractivity contribution < 1.29 is 0 Å². The molecule has 160 valence electrons. The molecule has 0 radical (unpaired) electrons. The molecule has 0 spiro atoms. The van der Waals surface area contributed by atoms with Crippen molar-refractivity contribution in [3.05, 3.63) is 60.0 Å². The Kier molecular flexibility index (Phi) is 7.89. The highest BCUT2D eigenvalue weighted by atomic mass is 127. The van der Waals surface area contributed by atoms with E-state index in [4.69, 9.17) is 4.99 Å². The number of hydrogen-bond acceptors (Lipinski definition) is 4. The lowest BCUT2D eigenvalue weighted by Crippen LogP contribution is -2.38. The summed E-state index contributed by atoms with van der Waals surface area (Å²) in [4.78, 5) is 7.20. The van der Waals surface area contributed by atoms with Crippen molar-refractivity contribution >= 4 is 41.3 Å². The van der Waals surface area contributed by atoms with Crippen LogP contribution in [0.3, 0.4) is 0 Å². The molecule has 1 atom stereocenters. The van der Waals surface area contributed by atoms with Gasteiger partial charge in [-0.05, 0) is 56.5 Å². The predicted molar refractivity (Wildman–Crippen MR) is 133 cm³/mol. The SMILES string of the molecule is CCNC(=NCc1nnc2ccccn12)NC(C)c1cccc(N2CCCC2)c1.I. The number of pyridine rings is 1. The number of fused-ring (bicyclic) bond motifs is 1. The van der Waals surface area contributed by atoms with Crippen LogP contribution in [0.15, 0.2) is 53.7 Å². The molecule has 1 fully saturated rings. The van der Waals surface area contributed by atoms with Crippen molar-refractivity contribution in [3.63, 3.8) is 0 Å². The van der Waals surface area contributed by atoms with Gasteiger partial charge in [0.2, 0.25) is 0 Å². The zero-order valence-electron chi connectivity index (χ0n) is 17.6. The van der Waals surface area contributed by atoms with Gasteiger partial charge < -0.3 is 15.5 Å². The summed E-state index contributed by atoms with van der Waals surface area (Å²) in [7, 11) is 0. The molecule has 1 unspecified atom stereocenters. The summed E-state index contributed by atoms with van der Waals surface area (Å²) in [6, 6.07) is 14.8. The standard InChI is InChI=1S/C22H29N7.HI/c1-3-23-22(24-16-21-27-26-20-11-4-5-14-29(20)21)25-17(2)18-9-8-10-19(15-18)28-12-6-7-13-28;/h4-5,8-11,14-15,17H,3,6-7,12-13,16H2,1-2H3,(H2,23,24,25);1H. The molecule has 3 aromatic rings. The third kappa shape index (κ3) is 5.21. The smallest absolute Gasteiger partial charge is 0.192 e. The molecule has 30 heavy (non-hydrogen) atoms. The molecular formula is C22H30IN7. The van der Waals surface area contributed by atoms with E-state index in [1.54, 1.807) is 0 Å². The first-order valence-electron chi connectivity index (χ1n) is 10.4. The van der Waals surface area contributed by atoms with Crippen molar-refractivity contribution in [2.45, 2.75) is 39.3 Å². The second-order valence-corrected chi connectivity index (χ2v) is 7.40. The maximum Gasteiger partial charge on any atom is 0.192 e. The van der Waals surface area contributed by atoms with Gasteiger partial charge in [0.25, 0.3) is 0 Å². The van der Waals surface area contributed by atoms with Gasteiger partial charge in [-0.25, -0.2) is 4.99 Å². The van der Waals surface area contributed by atoms with Crippen molar-refractivity contribution in [3.8, 4) is 0 Å². The zero-order chi connectivity index (χ0) is 20.1. The first kappa shape index (κ1) is 22.3. The van der Waals surface area contributed by atoms with Crippen LogP contribution in [-0.2, 0) is 6.54 Å². The molecule has 1 aromatic carbocycles. The van der Waals surface area contributed by atoms with Gasteiger partial charge in [0.05, 0.1) is 6.04 Å². The molecule has 0 amide bonds. The summed E-state index contributed by atoms with van der Waals surface area (Å²) in [6.07, 6.45) is 4.53. The Morgan fingerprint density at radius 3 is 2.77 bits per heavy atom. The normalized spacial score (nSPS) is 15.1. The fourth-order valence-electron chi connectivity index (χ4n) is 3.72. The number of halogens is 1. The lowest BCUT2D eigenvalue weighted by molar-refractivity contribution is 0.684. The van der Waals surface area contributed by atoms with Crippen LogP contribution in [0.5, 0.6) is 0 Å². The van der Waals surface area contributed by atoms with E-state index in [0.29, 0.717) is 6.54 Å². The molecule has 0 saturated carbocycles. The van der Waals surface area contributed by atoms with E-state index in [2.05, 4.69) is 63.8 Å². The number of aliphatic imine (C=N–C) groups is 1. The first-order chi connectivity index (χ1) is 14.2. The van der Waals surface area contributed by atoms with Crippen LogP contribution >= 0.6 is 24.0 Å². The summed E-state index contributed by atoms with van der Waals surface area (Å²) in [5.74, 6) is 1.60. The molecule has 3 heterocycles. The third-order valence-corrected chi connectivity index (χ3v) is 5.30. The Balaban J connectivity index is 0.00000256. The topological polar surface area (TPSA) is 69.8 Å². The average molecular weight is 519 g/mol. The van der Waals surface area contributed by atoms with E-state index in [9.17, 15) is 0 Å². The molecular weight excluding hydrogens is 489 g/mol. The Hall–Kier alpha value is -2.36. The maximum atomic E-state index is 4.73. The van der Waals surface area contributed by atoms with Crippen LogP contribution in [0.4, 0.5) is 5.69 Å². The number of anilines is 1. The summed E-state index contributed by atoms with van der Waals surface area (Å²) >= 11 is 0. The van der Waals surface area contributed by atoms with Crippen LogP contribution in [0.1, 0.15) is 44.1 Å². The Labute approximate surface area is 195 Å². The molecule has 1 aliphatic rings. The molecule has 0 aliphatic carbocycles. The van der Waals surface area contributed by atoms with Crippen LogP contribution in [0.25, 0.3) is 5.65 Å². The van der Waals surface area contributed by atoms with Gasteiger partial charge in [0, 0.05) is 31.5 Å². The fraction of sp³-hybridized carbons (Fsp3) is 0.409. The van der Waals surface area contributed by atoms with E-state index in [-0.39, 0.29) is 30.0 Å². The summed E-state index contributed by atoms with van der Waals surface area (Å²) in [6.45, 7) is 7.81. The van der Waals surface area contributed by atoms with Crippen LogP contribution in [0, 0.1) is 0 Å². The highest BCUT2D eigenvalue weighted by molar-refractivity contribution is 14.0. The Morgan fingerprint density at radius 2 is 1.97 bits per heavy atom. The van der Waals surface area contributed by atoms with Gasteiger partial charge in [0.1, 0.15) is 6.54 Å². The predicted octanol–water partition coefficient (Wildman–Crippen LogP) is 3.76. The molecule has 8 heteroatoms. The molecule has 2 aromatic heterocycles. The van der Waals surface area contributed by atoms with E-state index >= 15 is 0 Å². The summed E-state index contributed by atoms with van der Waals surface area (Å²) in [5.41, 5.74) is 3.40. The number of nitrogens with one attached hydrogen (secondary N) is 2. The van der Waals surface area contributed by atoms with Gasteiger partial charge in [0.15, 0.2) is 17.4 Å². The Bertz CT molecular complexity index is 978. The number of rotatable bonds is 6. The van der Waals surface area contributed by atoms with E-state index < -0.39 is 0 Å². The van der Waals surface area contributed by atoms with Gasteiger partial charge in [-0.1, -0.05) is 18.2 Å². The monoisotopic (exact) mass is 519 g/mol. The largest absolute Gasteiger partial charge is 0.372 e. The number of guanidine groups is 1. The van der Waals surface area contributed by atoms with Gasteiger partial charge >= 0.3 is 0 Å². The minimum Gasteiger partial charge on any atom is -0.372 e. The van der Waals surface area contributed by atoms with Gasteiger partial charge in [-0.3, -0.25) is 4.40 Å². The van der Waals surface area contributed by atoms with E-state index in [1.165, 1.54) is 24.1 Å². The third-order valence-electron chi connectivity index (χ3n) is 5.30. The highest BCUT2D eigenvalue weighted by Gasteiger charge is 2.14. The average Bonchev–Trinajstić information content (AvgIpc) is 3.42. The number of nitrogens with zero attached hydrogens (tertiary/aromatic N) is 5. The minimum absolute atomic E-state index is 0. The first-order valence-corrected chi connectivity index (χ1v) is 10.4. The number of hydrogen-bond donors (Lipinski definition) is 2. The number of aromatic nitrogens is 3. The molecule has 7 nitrogen and oxygen atoms in total. The van der Waals surface area contributed by atoms with Gasteiger partial charge in [-0.15, -0.1) is 34.2 Å². The molecule has 1 aliphatic heterocycles. The number of benzene rings is 1. The summed E-state index contributed by atoms with van der Waals surface area (Å²) < 4.78 is 1.97. The highest BCUT2D eigenvalue weighted by Crippen LogP contribution is 2.24. The minimum atomic E-state index is 0. The van der Waals surface area contributed by atoms with Crippen LogP contribution < -0.4 is 15.5 Å². The fourth-order valence-corrected chi connectivity index (χ4v) is 3.72. The van der Waals surface area contributed by atoms with E-state index in [0.717, 1.165) is 37.1 Å². The zero-order valence-corrected chi connectivity index (χ0v) is 19.9. The van der Waals surface area contributed by atoms with Crippen LogP contribution in [-0.4, -0.2) is 40.2 Å². The van der Waals surface area contributed by atoms with Crippen molar-refractivity contribution in [1.82, 2.24) is 25.2 Å². The molecule has 1 saturated heterocycles. The second kappa shape index (κ2) is 10.6. The summed E-state index contributed by atoms with van der Waals surface area (Å²) in [5, 5.41) is 15.3. The van der Waals surface area contributed by atoms with Gasteiger partial charge in [-0.2, -0.15) is 0 Å². The maximum absolute atomic E-state index is 4.73. The van der Waals surface area contributed by atoms with Crippen molar-refractivity contribution in [2.24, 2.45) is 4.99 Å². The molecule has 2 N–H and O–H groups in total. The second-order valence-electron chi connectivity index (χ2n) is 7.40.